The largest absolute Gasteiger partial charge is 0.366 e. The lowest BCUT2D eigenvalue weighted by molar-refractivity contribution is 0.0958. The number of terminal acetylenes is 1. The summed E-state index contributed by atoms with van der Waals surface area (Å²) in [5.74, 6) is 2.83. The fourth-order valence-corrected chi connectivity index (χ4v) is 1.77. The Bertz CT molecular complexity index is 666. The van der Waals surface area contributed by atoms with E-state index in [9.17, 15) is 4.79 Å². The highest BCUT2D eigenvalue weighted by Crippen LogP contribution is 2.10. The highest BCUT2D eigenvalue weighted by atomic mass is 16.1. The van der Waals surface area contributed by atoms with Crippen molar-refractivity contribution < 1.29 is 4.79 Å². The van der Waals surface area contributed by atoms with Crippen LogP contribution in [-0.4, -0.2) is 27.2 Å². The molecule has 0 spiro atoms. The molecule has 0 saturated heterocycles. The Hall–Kier alpha value is -2.81. The molecule has 1 amide bonds. The van der Waals surface area contributed by atoms with Gasteiger partial charge in [0.25, 0.3) is 5.91 Å². The predicted molar refractivity (Wildman–Crippen MR) is 80.7 cm³/mol. The van der Waals surface area contributed by atoms with E-state index in [1.807, 2.05) is 24.9 Å². The van der Waals surface area contributed by atoms with Gasteiger partial charge in [0.1, 0.15) is 5.82 Å². The highest BCUT2D eigenvalue weighted by Gasteiger charge is 2.06. The topological polar surface area (TPSA) is 71.8 Å². The number of pyridine rings is 1. The van der Waals surface area contributed by atoms with Gasteiger partial charge in [0.05, 0.1) is 18.3 Å². The average Bonchev–Trinajstić information content (AvgIpc) is 2.83. The molecule has 2 aromatic rings. The number of aryl methyl sites for hydroxylation is 1. The first kappa shape index (κ1) is 14.6. The van der Waals surface area contributed by atoms with Crippen molar-refractivity contribution in [3.8, 4) is 12.3 Å². The van der Waals surface area contributed by atoms with Crippen LogP contribution in [-0.2, 0) is 13.6 Å². The van der Waals surface area contributed by atoms with Crippen LogP contribution in [0.25, 0.3) is 0 Å². The Morgan fingerprint density at radius 3 is 2.81 bits per heavy atom. The molecule has 6 heteroatoms. The molecule has 2 N–H and O–H groups in total. The fourth-order valence-electron chi connectivity index (χ4n) is 1.77. The maximum absolute atomic E-state index is 11.7. The van der Waals surface area contributed by atoms with Crippen molar-refractivity contribution in [2.45, 2.75) is 13.5 Å². The Kier molecular flexibility index (Phi) is 4.57. The second-order valence-electron chi connectivity index (χ2n) is 4.55. The van der Waals surface area contributed by atoms with Crippen molar-refractivity contribution in [2.24, 2.45) is 7.05 Å². The summed E-state index contributed by atoms with van der Waals surface area (Å²) >= 11 is 0. The van der Waals surface area contributed by atoms with Crippen LogP contribution in [0.1, 0.15) is 21.6 Å². The van der Waals surface area contributed by atoms with E-state index in [0.29, 0.717) is 17.9 Å². The van der Waals surface area contributed by atoms with Gasteiger partial charge < -0.3 is 10.6 Å². The number of rotatable bonds is 5. The molecule has 2 rings (SSSR count). The van der Waals surface area contributed by atoms with Gasteiger partial charge in [-0.25, -0.2) is 4.98 Å². The summed E-state index contributed by atoms with van der Waals surface area (Å²) in [5.41, 5.74) is 2.69. The van der Waals surface area contributed by atoms with Crippen LogP contribution in [0, 0.1) is 19.3 Å². The number of hydrogen-bond donors (Lipinski definition) is 2. The zero-order chi connectivity index (χ0) is 15.2. The molecule has 0 aromatic carbocycles. The number of anilines is 1. The quantitative estimate of drug-likeness (QED) is 0.806. The average molecular weight is 283 g/mol. The number of nitrogens with one attached hydrogen (secondary N) is 2. The molecule has 0 bridgehead atoms. The Morgan fingerprint density at radius 2 is 2.24 bits per heavy atom. The molecule has 108 valence electrons. The molecule has 0 saturated carbocycles. The minimum Gasteiger partial charge on any atom is -0.366 e. The van der Waals surface area contributed by atoms with Gasteiger partial charge in [-0.15, -0.1) is 6.42 Å². The minimum absolute atomic E-state index is 0.207. The summed E-state index contributed by atoms with van der Waals surface area (Å²) < 4.78 is 1.82. The number of aromatic nitrogens is 3. The van der Waals surface area contributed by atoms with Gasteiger partial charge in [0.2, 0.25) is 0 Å². The van der Waals surface area contributed by atoms with Crippen LogP contribution in [0.15, 0.2) is 24.5 Å². The van der Waals surface area contributed by atoms with E-state index >= 15 is 0 Å². The van der Waals surface area contributed by atoms with Gasteiger partial charge in [0, 0.05) is 31.0 Å². The fraction of sp³-hybridized carbons (Fsp3) is 0.267. The van der Waals surface area contributed by atoms with Gasteiger partial charge >= 0.3 is 0 Å². The van der Waals surface area contributed by atoms with Crippen LogP contribution in [0.4, 0.5) is 5.82 Å². The summed E-state index contributed by atoms with van der Waals surface area (Å²) in [7, 11) is 1.90. The third-order valence-corrected chi connectivity index (χ3v) is 3.17. The molecule has 21 heavy (non-hydrogen) atoms. The molecule has 2 heterocycles. The van der Waals surface area contributed by atoms with E-state index in [0.717, 1.165) is 11.3 Å². The van der Waals surface area contributed by atoms with E-state index in [4.69, 9.17) is 6.42 Å². The summed E-state index contributed by atoms with van der Waals surface area (Å²) in [6, 6.07) is 3.47. The first-order valence-electron chi connectivity index (χ1n) is 6.51. The van der Waals surface area contributed by atoms with Crippen molar-refractivity contribution >= 4 is 11.7 Å². The minimum atomic E-state index is -0.227. The predicted octanol–water partition coefficient (Wildman–Crippen LogP) is 1.10. The second kappa shape index (κ2) is 6.57. The standard InChI is InChI=1S/C15H17N5O/c1-4-7-16-15(21)12-5-6-14(17-8-12)18-9-13-10-19-20(3)11(13)2/h1,5-6,8,10H,7,9H2,2-3H3,(H,16,21)(H,17,18). The number of hydrogen-bond acceptors (Lipinski definition) is 4. The van der Waals surface area contributed by atoms with Crippen LogP contribution >= 0.6 is 0 Å². The molecule has 0 aliphatic carbocycles. The zero-order valence-electron chi connectivity index (χ0n) is 12.1. The third kappa shape index (κ3) is 3.60. The lowest BCUT2D eigenvalue weighted by atomic mass is 10.2. The molecular weight excluding hydrogens is 266 g/mol. The van der Waals surface area contributed by atoms with Gasteiger partial charge in [-0.2, -0.15) is 5.10 Å². The lowest BCUT2D eigenvalue weighted by Gasteiger charge is -2.06. The third-order valence-electron chi connectivity index (χ3n) is 3.17. The summed E-state index contributed by atoms with van der Waals surface area (Å²) in [6.07, 6.45) is 8.43. The molecule has 0 unspecified atom stereocenters. The van der Waals surface area contributed by atoms with Crippen molar-refractivity contribution in [3.05, 3.63) is 41.3 Å². The maximum Gasteiger partial charge on any atom is 0.253 e. The maximum atomic E-state index is 11.7. The van der Waals surface area contributed by atoms with E-state index in [1.54, 1.807) is 12.1 Å². The Balaban J connectivity index is 1.95. The molecule has 2 aromatic heterocycles. The molecular formula is C15H17N5O. The van der Waals surface area contributed by atoms with E-state index < -0.39 is 0 Å². The van der Waals surface area contributed by atoms with Gasteiger partial charge in [-0.05, 0) is 19.1 Å². The van der Waals surface area contributed by atoms with E-state index in [1.165, 1.54) is 6.20 Å². The first-order valence-corrected chi connectivity index (χ1v) is 6.51. The van der Waals surface area contributed by atoms with Gasteiger partial charge in [-0.1, -0.05) is 5.92 Å². The Labute approximate surface area is 123 Å². The van der Waals surface area contributed by atoms with Crippen LogP contribution in [0.3, 0.4) is 0 Å². The number of nitrogens with zero attached hydrogens (tertiary/aromatic N) is 3. The van der Waals surface area contributed by atoms with Gasteiger partial charge in [-0.3, -0.25) is 9.48 Å². The van der Waals surface area contributed by atoms with Crippen molar-refractivity contribution in [1.82, 2.24) is 20.1 Å². The second-order valence-corrected chi connectivity index (χ2v) is 4.55. The molecule has 6 nitrogen and oxygen atoms in total. The van der Waals surface area contributed by atoms with Crippen molar-refractivity contribution in [3.63, 3.8) is 0 Å². The number of amides is 1. The summed E-state index contributed by atoms with van der Waals surface area (Å²) in [6.45, 7) is 2.85. The Morgan fingerprint density at radius 1 is 1.43 bits per heavy atom. The molecule has 0 radical (unpaired) electrons. The molecule has 0 aliphatic heterocycles. The monoisotopic (exact) mass is 283 g/mol. The summed E-state index contributed by atoms with van der Waals surface area (Å²) in [4.78, 5) is 15.9. The van der Waals surface area contributed by atoms with Crippen molar-refractivity contribution in [2.75, 3.05) is 11.9 Å². The normalized spacial score (nSPS) is 9.95. The first-order chi connectivity index (χ1) is 10.1. The number of carbonyl (C=O) groups excluding carboxylic acids is 1. The highest BCUT2D eigenvalue weighted by molar-refractivity contribution is 5.94. The molecule has 0 aliphatic rings. The smallest absolute Gasteiger partial charge is 0.253 e. The van der Waals surface area contributed by atoms with E-state index in [-0.39, 0.29) is 12.5 Å². The lowest BCUT2D eigenvalue weighted by Crippen LogP contribution is -2.23. The molecule has 0 atom stereocenters. The van der Waals surface area contributed by atoms with Crippen LogP contribution in [0.5, 0.6) is 0 Å². The van der Waals surface area contributed by atoms with Crippen molar-refractivity contribution in [1.29, 1.82) is 0 Å². The zero-order valence-corrected chi connectivity index (χ0v) is 12.1. The van der Waals surface area contributed by atoms with Crippen LogP contribution in [0.2, 0.25) is 0 Å². The number of carbonyl (C=O) groups is 1. The van der Waals surface area contributed by atoms with Crippen LogP contribution < -0.4 is 10.6 Å². The summed E-state index contributed by atoms with van der Waals surface area (Å²) in [5, 5.41) is 9.97. The molecule has 0 fully saturated rings. The SMILES string of the molecule is C#CCNC(=O)c1ccc(NCc2cnn(C)c2C)nc1. The van der Waals surface area contributed by atoms with E-state index in [2.05, 4.69) is 26.6 Å². The van der Waals surface area contributed by atoms with Gasteiger partial charge in [0.15, 0.2) is 0 Å².